The number of nitrogens with zero attached hydrogens (tertiary/aromatic N) is 4. The van der Waals surface area contributed by atoms with Gasteiger partial charge in [0, 0.05) is 43.1 Å². The van der Waals surface area contributed by atoms with Crippen molar-refractivity contribution < 1.29 is 58.6 Å². The first kappa shape index (κ1) is 28.6. The third kappa shape index (κ3) is 7.68. The Labute approximate surface area is 224 Å². The molecule has 0 amide bonds. The van der Waals surface area contributed by atoms with Crippen molar-refractivity contribution in [3.8, 4) is 11.3 Å². The monoisotopic (exact) mass is 492 g/mol. The van der Waals surface area contributed by atoms with E-state index in [9.17, 15) is 24.5 Å². The second-order valence-corrected chi connectivity index (χ2v) is 8.14. The summed E-state index contributed by atoms with van der Waals surface area (Å²) in [6.45, 7) is 3.90. The fourth-order valence-electron chi connectivity index (χ4n) is 3.38. The zero-order valence-corrected chi connectivity index (χ0v) is 22.1. The van der Waals surface area contributed by atoms with Crippen molar-refractivity contribution in [2.45, 2.75) is 44.8 Å². The number of aliphatic carboxylic acids is 1. The minimum absolute atomic E-state index is 0. The van der Waals surface area contributed by atoms with E-state index in [0.717, 1.165) is 0 Å². The van der Waals surface area contributed by atoms with Crippen LogP contribution in [0.1, 0.15) is 43.9 Å². The second-order valence-electron chi connectivity index (χ2n) is 8.14. The van der Waals surface area contributed by atoms with Gasteiger partial charge in [0.15, 0.2) is 5.82 Å². The van der Waals surface area contributed by atoms with Crippen molar-refractivity contribution in [1.29, 1.82) is 0 Å². The predicted octanol–water partition coefficient (Wildman–Crippen LogP) is -0.569. The van der Waals surface area contributed by atoms with Crippen LogP contribution >= 0.6 is 0 Å². The average molecular weight is 492 g/mol. The number of halogens is 1. The van der Waals surface area contributed by atoms with Crippen LogP contribution in [0.15, 0.2) is 47.2 Å². The van der Waals surface area contributed by atoms with Gasteiger partial charge in [0.1, 0.15) is 12.1 Å². The Morgan fingerprint density at radius 2 is 1.89 bits per heavy atom. The van der Waals surface area contributed by atoms with E-state index in [1.165, 1.54) is 24.5 Å². The van der Waals surface area contributed by atoms with Crippen LogP contribution in [0.3, 0.4) is 0 Å². The molecule has 0 spiro atoms. The Balaban J connectivity index is 0.00000432. The van der Waals surface area contributed by atoms with Crippen molar-refractivity contribution in [3.05, 3.63) is 59.7 Å². The molecule has 0 aliphatic rings. The number of anilines is 2. The average Bonchev–Trinajstić information content (AvgIpc) is 3.31. The second kappa shape index (κ2) is 12.9. The number of carbonyl (C=O) groups is 1. The Kier molecular flexibility index (Phi) is 10.5. The molecule has 0 bridgehead atoms. The van der Waals surface area contributed by atoms with E-state index in [1.54, 1.807) is 36.2 Å². The minimum atomic E-state index is -1.40. The third-order valence-corrected chi connectivity index (χ3v) is 5.10. The summed E-state index contributed by atoms with van der Waals surface area (Å²) in [5.41, 5.74) is 2.40. The van der Waals surface area contributed by atoms with Gasteiger partial charge in [0.05, 0.1) is 23.6 Å². The van der Waals surface area contributed by atoms with Gasteiger partial charge in [0.25, 0.3) is 0 Å². The summed E-state index contributed by atoms with van der Waals surface area (Å²) in [6, 6.07) is 7.51. The van der Waals surface area contributed by atoms with Gasteiger partial charge in [-0.15, -0.1) is 0 Å². The van der Waals surface area contributed by atoms with E-state index >= 15 is 0 Å². The molecule has 0 fully saturated rings. The molecular formula is C24H26FN4NaO5. The number of aliphatic hydroxyl groups is 2. The van der Waals surface area contributed by atoms with Gasteiger partial charge in [-0.1, -0.05) is 31.2 Å². The molecule has 3 aromatic rings. The maximum atomic E-state index is 13.6. The number of benzene rings is 1. The topological polar surface area (TPSA) is 136 Å². The fraction of sp³-hybridized carbons (Fsp3) is 0.333. The number of hydrogen-bond acceptors (Lipinski definition) is 9. The van der Waals surface area contributed by atoms with Gasteiger partial charge < -0.3 is 24.6 Å². The standard InChI is InChI=1S/C24H27FN4O5.Na/c1-14(2)22-19(9-8-17(30)12-18(31)13-21(32)33)23(15-4-6-16(25)7-5-15)27-24(26-22)29(3)20-10-11-34-28-20;/h4-11,14,17-18,30-31H,12-13H2,1-3H3,(H,32,33);/q;+1/p-1/b9-8+;/t17-,18-;/m1./s1. The molecule has 3 rings (SSSR count). The molecule has 0 saturated carbocycles. The summed E-state index contributed by atoms with van der Waals surface area (Å²) in [7, 11) is 1.74. The number of rotatable bonds is 10. The number of aromatic nitrogens is 3. The van der Waals surface area contributed by atoms with Gasteiger partial charge in [-0.25, -0.2) is 14.4 Å². The Hall–Kier alpha value is -2.63. The van der Waals surface area contributed by atoms with Crippen LogP contribution in [0.4, 0.5) is 16.2 Å². The summed E-state index contributed by atoms with van der Waals surface area (Å²) in [5.74, 6) is -0.993. The molecule has 1 aromatic carbocycles. The molecule has 11 heteroatoms. The molecule has 0 aliphatic heterocycles. The Bertz CT molecular complexity index is 1140. The summed E-state index contributed by atoms with van der Waals surface area (Å²) in [5, 5.41) is 34.7. The molecule has 180 valence electrons. The fourth-order valence-corrected chi connectivity index (χ4v) is 3.38. The molecule has 0 aliphatic carbocycles. The van der Waals surface area contributed by atoms with Crippen molar-refractivity contribution in [1.82, 2.24) is 15.1 Å². The minimum Gasteiger partial charge on any atom is -0.550 e. The Morgan fingerprint density at radius 3 is 2.46 bits per heavy atom. The van der Waals surface area contributed by atoms with Gasteiger partial charge in [0.2, 0.25) is 5.95 Å². The van der Waals surface area contributed by atoms with E-state index < -0.39 is 30.4 Å². The molecule has 2 atom stereocenters. The molecule has 2 aromatic heterocycles. The number of aliphatic hydroxyl groups excluding tert-OH is 2. The van der Waals surface area contributed by atoms with Gasteiger partial charge in [-0.2, -0.15) is 0 Å². The first-order valence-electron chi connectivity index (χ1n) is 10.7. The van der Waals surface area contributed by atoms with Crippen molar-refractivity contribution in [3.63, 3.8) is 0 Å². The van der Waals surface area contributed by atoms with E-state index in [2.05, 4.69) is 5.16 Å². The largest absolute Gasteiger partial charge is 1.00 e. The maximum Gasteiger partial charge on any atom is 1.00 e. The molecule has 35 heavy (non-hydrogen) atoms. The molecule has 0 unspecified atom stereocenters. The number of carbonyl (C=O) groups excluding carboxylic acids is 1. The van der Waals surface area contributed by atoms with Crippen molar-refractivity contribution in [2.24, 2.45) is 0 Å². The van der Waals surface area contributed by atoms with E-state index in [0.29, 0.717) is 34.3 Å². The number of carboxylic acid groups (broad SMARTS) is 1. The van der Waals surface area contributed by atoms with E-state index in [4.69, 9.17) is 14.5 Å². The van der Waals surface area contributed by atoms with Gasteiger partial charge in [-0.05, 0) is 30.2 Å². The molecule has 0 saturated heterocycles. The molecule has 0 radical (unpaired) electrons. The maximum absolute atomic E-state index is 13.6. The molecule has 9 nitrogen and oxygen atoms in total. The molecule has 2 N–H and O–H groups in total. The smallest absolute Gasteiger partial charge is 0.550 e. The zero-order valence-electron chi connectivity index (χ0n) is 20.1. The van der Waals surface area contributed by atoms with Crippen LogP contribution in [0, 0.1) is 5.82 Å². The quantitative estimate of drug-likeness (QED) is 0.357. The van der Waals surface area contributed by atoms with E-state index in [-0.39, 0.29) is 41.9 Å². The first-order chi connectivity index (χ1) is 16.2. The van der Waals surface area contributed by atoms with Crippen LogP contribution in [0.5, 0.6) is 0 Å². The third-order valence-electron chi connectivity index (χ3n) is 5.10. The van der Waals surface area contributed by atoms with Gasteiger partial charge in [-0.3, -0.25) is 4.90 Å². The van der Waals surface area contributed by atoms with Gasteiger partial charge >= 0.3 is 29.6 Å². The summed E-state index contributed by atoms with van der Waals surface area (Å²) in [6.07, 6.45) is 1.38. The normalized spacial score (nSPS) is 13.0. The molecular weight excluding hydrogens is 466 g/mol. The van der Waals surface area contributed by atoms with Crippen molar-refractivity contribution >= 4 is 23.8 Å². The summed E-state index contributed by atoms with van der Waals surface area (Å²) < 4.78 is 18.5. The van der Waals surface area contributed by atoms with Crippen LogP contribution in [-0.4, -0.2) is 50.6 Å². The van der Waals surface area contributed by atoms with Crippen LogP contribution in [0.2, 0.25) is 0 Å². The SMILES string of the molecule is CC(C)c1nc(N(C)c2ccon2)nc(-c2ccc(F)cc2)c1/C=C/[C@@H](O)C[C@@H](O)CC(=O)[O-].[Na+]. The zero-order chi connectivity index (χ0) is 24.8. The summed E-state index contributed by atoms with van der Waals surface area (Å²) in [4.78, 5) is 21.7. The van der Waals surface area contributed by atoms with Crippen molar-refractivity contribution in [2.75, 3.05) is 11.9 Å². The first-order valence-corrected chi connectivity index (χ1v) is 10.7. The molecule has 2 heterocycles. The Morgan fingerprint density at radius 1 is 1.20 bits per heavy atom. The van der Waals surface area contributed by atoms with Crippen LogP contribution in [0.25, 0.3) is 17.3 Å². The van der Waals surface area contributed by atoms with Crippen LogP contribution < -0.4 is 39.6 Å². The van der Waals surface area contributed by atoms with Crippen LogP contribution in [-0.2, 0) is 4.79 Å². The number of hydrogen-bond donors (Lipinski definition) is 2. The number of carboxylic acids is 1. The summed E-state index contributed by atoms with van der Waals surface area (Å²) >= 11 is 0. The van der Waals surface area contributed by atoms with E-state index in [1.807, 2.05) is 13.8 Å². The predicted molar refractivity (Wildman–Crippen MR) is 121 cm³/mol.